The summed E-state index contributed by atoms with van der Waals surface area (Å²) < 4.78 is 1.82. The van der Waals surface area contributed by atoms with E-state index in [1.54, 1.807) is 0 Å². The number of aromatic nitrogens is 2. The van der Waals surface area contributed by atoms with Gasteiger partial charge >= 0.3 is 0 Å². The highest BCUT2D eigenvalue weighted by atomic mass is 16.3. The van der Waals surface area contributed by atoms with Crippen molar-refractivity contribution in [3.05, 3.63) is 17.5 Å². The topological polar surface area (TPSA) is 67.2 Å². The normalized spacial score (nSPS) is 13.5. The van der Waals surface area contributed by atoms with Crippen LogP contribution in [0.25, 0.3) is 0 Å². The number of aryl methyl sites for hydroxylation is 1. The van der Waals surface area contributed by atoms with Crippen LogP contribution in [0.15, 0.2) is 6.07 Å². The molecule has 5 heteroatoms. The standard InChI is InChI=1S/C17H31N3O2/c1-12(2)7-8-20-14(9-15(19-20)17(4,5)6)16(22)18-10-13(3)11-21/h9,12-13,21H,7-8,10-11H2,1-6H3,(H,18,22). The molecule has 0 saturated carbocycles. The highest BCUT2D eigenvalue weighted by Gasteiger charge is 2.23. The molecular weight excluding hydrogens is 278 g/mol. The smallest absolute Gasteiger partial charge is 0.269 e. The van der Waals surface area contributed by atoms with E-state index >= 15 is 0 Å². The number of carbonyl (C=O) groups is 1. The van der Waals surface area contributed by atoms with Gasteiger partial charge in [0.1, 0.15) is 5.69 Å². The van der Waals surface area contributed by atoms with Crippen LogP contribution in [0.5, 0.6) is 0 Å². The minimum Gasteiger partial charge on any atom is -0.396 e. The van der Waals surface area contributed by atoms with E-state index in [9.17, 15) is 4.79 Å². The Bertz CT molecular complexity index is 487. The Kier molecular flexibility index (Phi) is 6.60. The van der Waals surface area contributed by atoms with Crippen molar-refractivity contribution >= 4 is 5.91 Å². The maximum atomic E-state index is 12.4. The molecular formula is C17H31N3O2. The zero-order chi connectivity index (χ0) is 16.9. The third kappa shape index (κ3) is 5.44. The SMILES string of the molecule is CC(C)CCn1nc(C(C)(C)C)cc1C(=O)NCC(C)CO. The van der Waals surface area contributed by atoms with E-state index in [1.807, 2.05) is 17.7 Å². The first-order chi connectivity index (χ1) is 10.1. The number of amides is 1. The molecule has 5 nitrogen and oxygen atoms in total. The van der Waals surface area contributed by atoms with Gasteiger partial charge in [-0.3, -0.25) is 9.48 Å². The van der Waals surface area contributed by atoms with Crippen molar-refractivity contribution in [1.82, 2.24) is 15.1 Å². The Morgan fingerprint density at radius 1 is 1.36 bits per heavy atom. The summed E-state index contributed by atoms with van der Waals surface area (Å²) in [4.78, 5) is 12.4. The Morgan fingerprint density at radius 2 is 2.00 bits per heavy atom. The lowest BCUT2D eigenvalue weighted by molar-refractivity contribution is 0.0931. The second-order valence-corrected chi connectivity index (χ2v) is 7.57. The number of nitrogens with zero attached hydrogens (tertiary/aromatic N) is 2. The summed E-state index contributed by atoms with van der Waals surface area (Å²) in [7, 11) is 0. The maximum absolute atomic E-state index is 12.4. The highest BCUT2D eigenvalue weighted by molar-refractivity contribution is 5.92. The van der Waals surface area contributed by atoms with E-state index in [0.29, 0.717) is 18.2 Å². The van der Waals surface area contributed by atoms with Gasteiger partial charge in [-0.1, -0.05) is 41.5 Å². The molecule has 1 amide bonds. The fourth-order valence-electron chi connectivity index (χ4n) is 1.94. The van der Waals surface area contributed by atoms with Gasteiger partial charge in [-0.25, -0.2) is 0 Å². The summed E-state index contributed by atoms with van der Waals surface area (Å²) in [5.74, 6) is 0.498. The summed E-state index contributed by atoms with van der Waals surface area (Å²) in [5, 5.41) is 16.6. The average Bonchev–Trinajstić information content (AvgIpc) is 2.86. The van der Waals surface area contributed by atoms with Crippen LogP contribution >= 0.6 is 0 Å². The number of carbonyl (C=O) groups excluding carboxylic acids is 1. The molecule has 22 heavy (non-hydrogen) atoms. The number of hydrogen-bond donors (Lipinski definition) is 2. The fourth-order valence-corrected chi connectivity index (χ4v) is 1.94. The monoisotopic (exact) mass is 309 g/mol. The van der Waals surface area contributed by atoms with E-state index in [-0.39, 0.29) is 23.8 Å². The molecule has 0 aromatic carbocycles. The van der Waals surface area contributed by atoms with Gasteiger partial charge in [0.2, 0.25) is 0 Å². The molecule has 2 N–H and O–H groups in total. The van der Waals surface area contributed by atoms with Crippen LogP contribution < -0.4 is 5.32 Å². The number of rotatable bonds is 7. The second kappa shape index (κ2) is 7.77. The molecule has 1 aromatic heterocycles. The van der Waals surface area contributed by atoms with Crippen LogP contribution in [-0.4, -0.2) is 33.9 Å². The molecule has 0 radical (unpaired) electrons. The van der Waals surface area contributed by atoms with Crippen molar-refractivity contribution in [2.45, 2.75) is 59.9 Å². The Balaban J connectivity index is 2.94. The first kappa shape index (κ1) is 18.7. The molecule has 126 valence electrons. The van der Waals surface area contributed by atoms with Gasteiger partial charge in [-0.2, -0.15) is 5.10 Å². The third-order valence-electron chi connectivity index (χ3n) is 3.62. The number of aliphatic hydroxyl groups is 1. The molecule has 1 unspecified atom stereocenters. The van der Waals surface area contributed by atoms with Crippen molar-refractivity contribution in [3.8, 4) is 0 Å². The van der Waals surface area contributed by atoms with E-state index in [1.165, 1.54) is 0 Å². The van der Waals surface area contributed by atoms with Crippen molar-refractivity contribution in [3.63, 3.8) is 0 Å². The average molecular weight is 309 g/mol. The lowest BCUT2D eigenvalue weighted by Crippen LogP contribution is -2.31. The quantitative estimate of drug-likeness (QED) is 0.813. The van der Waals surface area contributed by atoms with Gasteiger partial charge in [-0.15, -0.1) is 0 Å². The number of nitrogens with one attached hydrogen (secondary N) is 1. The first-order valence-electron chi connectivity index (χ1n) is 8.12. The molecule has 0 saturated heterocycles. The Hall–Kier alpha value is -1.36. The van der Waals surface area contributed by atoms with Crippen LogP contribution in [-0.2, 0) is 12.0 Å². The van der Waals surface area contributed by atoms with E-state index in [0.717, 1.165) is 18.7 Å². The molecule has 1 rings (SSSR count). The molecule has 1 atom stereocenters. The minimum absolute atomic E-state index is 0.0538. The maximum Gasteiger partial charge on any atom is 0.269 e. The molecule has 0 spiro atoms. The summed E-state index contributed by atoms with van der Waals surface area (Å²) >= 11 is 0. The predicted octanol–water partition coefficient (Wildman–Crippen LogP) is 2.58. The van der Waals surface area contributed by atoms with Crippen molar-refractivity contribution < 1.29 is 9.90 Å². The van der Waals surface area contributed by atoms with Crippen LogP contribution in [0.1, 0.15) is 64.1 Å². The van der Waals surface area contributed by atoms with E-state index < -0.39 is 0 Å². The largest absolute Gasteiger partial charge is 0.396 e. The molecule has 0 fully saturated rings. The van der Waals surface area contributed by atoms with E-state index in [4.69, 9.17) is 5.11 Å². The third-order valence-corrected chi connectivity index (χ3v) is 3.62. The second-order valence-electron chi connectivity index (χ2n) is 7.57. The van der Waals surface area contributed by atoms with Crippen LogP contribution in [0.4, 0.5) is 0 Å². The van der Waals surface area contributed by atoms with Crippen LogP contribution in [0, 0.1) is 11.8 Å². The van der Waals surface area contributed by atoms with Gasteiger partial charge in [-0.05, 0) is 24.3 Å². The first-order valence-corrected chi connectivity index (χ1v) is 8.12. The zero-order valence-electron chi connectivity index (χ0n) is 14.8. The molecule has 1 aromatic rings. The van der Waals surface area contributed by atoms with Crippen LogP contribution in [0.3, 0.4) is 0 Å². The highest BCUT2D eigenvalue weighted by Crippen LogP contribution is 2.22. The lowest BCUT2D eigenvalue weighted by Gasteiger charge is -2.14. The molecule has 0 aliphatic rings. The number of hydrogen-bond acceptors (Lipinski definition) is 3. The lowest BCUT2D eigenvalue weighted by atomic mass is 9.92. The van der Waals surface area contributed by atoms with Gasteiger partial charge < -0.3 is 10.4 Å². The molecule has 1 heterocycles. The Labute approximate surface area is 134 Å². The molecule has 0 aliphatic heterocycles. The summed E-state index contributed by atoms with van der Waals surface area (Å²) in [5.41, 5.74) is 1.45. The number of aliphatic hydroxyl groups excluding tert-OH is 1. The Morgan fingerprint density at radius 3 is 2.50 bits per heavy atom. The minimum atomic E-state index is -0.118. The van der Waals surface area contributed by atoms with Crippen molar-refractivity contribution in [2.75, 3.05) is 13.2 Å². The van der Waals surface area contributed by atoms with Gasteiger partial charge in [0.15, 0.2) is 0 Å². The summed E-state index contributed by atoms with van der Waals surface area (Å²) in [6.07, 6.45) is 0.985. The van der Waals surface area contributed by atoms with Gasteiger partial charge in [0.05, 0.1) is 5.69 Å². The van der Waals surface area contributed by atoms with Crippen LogP contribution in [0.2, 0.25) is 0 Å². The molecule has 0 bridgehead atoms. The van der Waals surface area contributed by atoms with Gasteiger partial charge in [0.25, 0.3) is 5.91 Å². The fraction of sp³-hybridized carbons (Fsp3) is 0.765. The molecule has 0 aliphatic carbocycles. The van der Waals surface area contributed by atoms with Crippen molar-refractivity contribution in [1.29, 1.82) is 0 Å². The summed E-state index contributed by atoms with van der Waals surface area (Å²) in [6.45, 7) is 13.8. The van der Waals surface area contributed by atoms with Crippen molar-refractivity contribution in [2.24, 2.45) is 11.8 Å². The predicted molar refractivity (Wildman–Crippen MR) is 89.0 cm³/mol. The van der Waals surface area contributed by atoms with E-state index in [2.05, 4.69) is 45.0 Å². The van der Waals surface area contributed by atoms with Gasteiger partial charge in [0, 0.05) is 25.1 Å². The zero-order valence-corrected chi connectivity index (χ0v) is 14.8. The summed E-state index contributed by atoms with van der Waals surface area (Å²) in [6, 6.07) is 1.89.